The van der Waals surface area contributed by atoms with Gasteiger partial charge in [0, 0.05) is 24.1 Å². The number of aryl methyl sites for hydroxylation is 1. The van der Waals surface area contributed by atoms with E-state index in [0.29, 0.717) is 12.0 Å². The Hall–Kier alpha value is -2.82. The highest BCUT2D eigenvalue weighted by atomic mass is 16.5. The maximum absolute atomic E-state index is 12.6. The maximum Gasteiger partial charge on any atom is 0.414 e. The van der Waals surface area contributed by atoms with Gasteiger partial charge >= 0.3 is 6.09 Å². The van der Waals surface area contributed by atoms with E-state index in [-0.39, 0.29) is 12.1 Å². The molecule has 0 radical (unpaired) electrons. The molecule has 1 aromatic heterocycles. The van der Waals surface area contributed by atoms with Crippen LogP contribution in [0.3, 0.4) is 0 Å². The van der Waals surface area contributed by atoms with Crippen LogP contribution in [0.2, 0.25) is 0 Å². The van der Waals surface area contributed by atoms with Crippen LogP contribution in [0, 0.1) is 11.8 Å². The number of anilines is 1. The SMILES string of the molecule is COC(=O)N1c2ccc3c(nc(Cc4ccccc4)n3[C@@H]3CCC[C@@H](C(C)C)C3)c2CC[C@@H]1C. The number of fused-ring (bicyclic) bond motifs is 3. The van der Waals surface area contributed by atoms with Crippen LogP contribution < -0.4 is 4.90 Å². The Bertz CT molecular complexity index is 1170. The van der Waals surface area contributed by atoms with Crippen molar-refractivity contribution in [3.05, 3.63) is 59.4 Å². The molecule has 0 saturated heterocycles. The van der Waals surface area contributed by atoms with Gasteiger partial charge in [-0.15, -0.1) is 0 Å². The number of hydrogen-bond acceptors (Lipinski definition) is 3. The van der Waals surface area contributed by atoms with Gasteiger partial charge in [-0.1, -0.05) is 57.0 Å². The summed E-state index contributed by atoms with van der Waals surface area (Å²) in [6.07, 6.45) is 7.41. The van der Waals surface area contributed by atoms with Gasteiger partial charge in [0.25, 0.3) is 0 Å². The molecule has 0 spiro atoms. The summed E-state index contributed by atoms with van der Waals surface area (Å²) in [5.74, 6) is 2.61. The Kier molecular flexibility index (Phi) is 6.37. The fraction of sp³-hybridized carbons (Fsp3) is 0.517. The summed E-state index contributed by atoms with van der Waals surface area (Å²) in [5, 5.41) is 0. The van der Waals surface area contributed by atoms with Gasteiger partial charge in [-0.05, 0) is 62.1 Å². The lowest BCUT2D eigenvalue weighted by atomic mass is 9.79. The van der Waals surface area contributed by atoms with Crippen molar-refractivity contribution < 1.29 is 9.53 Å². The van der Waals surface area contributed by atoms with Crippen LogP contribution in [0.15, 0.2) is 42.5 Å². The van der Waals surface area contributed by atoms with Crippen molar-refractivity contribution in [2.75, 3.05) is 12.0 Å². The number of carbonyl (C=O) groups is 1. The number of rotatable bonds is 4. The number of carbonyl (C=O) groups excluding carboxylic acids is 1. The van der Waals surface area contributed by atoms with E-state index in [1.165, 1.54) is 49.4 Å². The highest BCUT2D eigenvalue weighted by molar-refractivity contribution is 5.95. The maximum atomic E-state index is 12.6. The summed E-state index contributed by atoms with van der Waals surface area (Å²) in [7, 11) is 1.46. The molecule has 5 nitrogen and oxygen atoms in total. The van der Waals surface area contributed by atoms with Crippen molar-refractivity contribution in [1.82, 2.24) is 9.55 Å². The second-order valence-electron chi connectivity index (χ2n) is 10.5. The van der Waals surface area contributed by atoms with Gasteiger partial charge in [0.2, 0.25) is 0 Å². The van der Waals surface area contributed by atoms with E-state index in [0.717, 1.165) is 42.2 Å². The highest BCUT2D eigenvalue weighted by Crippen LogP contribution is 2.42. The van der Waals surface area contributed by atoms with E-state index in [1.807, 2.05) is 4.90 Å². The number of ether oxygens (including phenoxy) is 1. The summed E-state index contributed by atoms with van der Waals surface area (Å²) in [6, 6.07) is 15.6. The van der Waals surface area contributed by atoms with Crippen LogP contribution in [0.4, 0.5) is 10.5 Å². The van der Waals surface area contributed by atoms with E-state index in [1.54, 1.807) is 0 Å². The summed E-state index contributed by atoms with van der Waals surface area (Å²) in [4.78, 5) is 19.7. The molecule has 3 aromatic rings. The first-order valence-electron chi connectivity index (χ1n) is 12.9. The molecule has 5 heteroatoms. The first-order valence-corrected chi connectivity index (χ1v) is 12.9. The molecule has 2 aliphatic rings. The van der Waals surface area contributed by atoms with E-state index in [2.05, 4.69) is 67.8 Å². The molecule has 3 atom stereocenters. The molecule has 0 N–H and O–H groups in total. The van der Waals surface area contributed by atoms with Crippen molar-refractivity contribution >= 4 is 22.8 Å². The second-order valence-corrected chi connectivity index (χ2v) is 10.5. The number of amides is 1. The smallest absolute Gasteiger partial charge is 0.414 e. The Balaban J connectivity index is 1.64. The van der Waals surface area contributed by atoms with Crippen molar-refractivity contribution in [1.29, 1.82) is 0 Å². The Morgan fingerprint density at radius 1 is 1.12 bits per heavy atom. The summed E-state index contributed by atoms with van der Waals surface area (Å²) >= 11 is 0. The monoisotopic (exact) mass is 459 g/mol. The molecule has 0 unspecified atom stereocenters. The van der Waals surface area contributed by atoms with Crippen LogP contribution in [-0.2, 0) is 17.6 Å². The molecule has 1 saturated carbocycles. The average molecular weight is 460 g/mol. The minimum absolute atomic E-state index is 0.119. The fourth-order valence-corrected chi connectivity index (χ4v) is 6.17. The van der Waals surface area contributed by atoms with Gasteiger partial charge in [-0.25, -0.2) is 9.78 Å². The van der Waals surface area contributed by atoms with Crippen molar-refractivity contribution in [3.63, 3.8) is 0 Å². The van der Waals surface area contributed by atoms with Crippen LogP contribution in [0.1, 0.15) is 75.9 Å². The number of nitrogens with zero attached hydrogens (tertiary/aromatic N) is 3. The third-order valence-corrected chi connectivity index (χ3v) is 8.10. The van der Waals surface area contributed by atoms with Gasteiger partial charge < -0.3 is 9.30 Å². The summed E-state index contributed by atoms with van der Waals surface area (Å²) < 4.78 is 7.68. The predicted octanol–water partition coefficient (Wildman–Crippen LogP) is 6.92. The van der Waals surface area contributed by atoms with E-state index < -0.39 is 0 Å². The molecular formula is C29H37N3O2. The van der Waals surface area contributed by atoms with Crippen molar-refractivity contribution in [3.8, 4) is 0 Å². The standard InChI is InChI=1S/C29H37N3O2/c1-19(2)22-11-8-12-23(18-22)32-26-16-15-25-24(14-13-20(3)31(25)29(33)34-4)28(26)30-27(32)17-21-9-6-5-7-10-21/h5-7,9-10,15-16,19-20,22-23H,8,11-14,17-18H2,1-4H3/t20-,22+,23+/m0/s1. The Morgan fingerprint density at radius 2 is 1.91 bits per heavy atom. The molecule has 1 aliphatic carbocycles. The van der Waals surface area contributed by atoms with Crippen molar-refractivity contribution in [2.24, 2.45) is 11.8 Å². The number of methoxy groups -OCH3 is 1. The third-order valence-electron chi connectivity index (χ3n) is 8.10. The van der Waals surface area contributed by atoms with E-state index in [4.69, 9.17) is 9.72 Å². The zero-order valence-corrected chi connectivity index (χ0v) is 21.0. The van der Waals surface area contributed by atoms with Gasteiger partial charge in [0.15, 0.2) is 0 Å². The first-order chi connectivity index (χ1) is 16.5. The normalized spacial score (nSPS) is 22.7. The number of aromatic nitrogens is 2. The van der Waals surface area contributed by atoms with Crippen LogP contribution in [-0.4, -0.2) is 28.8 Å². The summed E-state index contributed by atoms with van der Waals surface area (Å²) in [5.41, 5.74) is 5.71. The first kappa shape index (κ1) is 22.9. The van der Waals surface area contributed by atoms with Crippen LogP contribution in [0.5, 0.6) is 0 Å². The minimum Gasteiger partial charge on any atom is -0.452 e. The zero-order chi connectivity index (χ0) is 23.8. The van der Waals surface area contributed by atoms with Gasteiger partial charge in [0.05, 0.1) is 23.8 Å². The molecule has 1 fully saturated rings. The lowest BCUT2D eigenvalue weighted by molar-refractivity contribution is 0.175. The number of benzene rings is 2. The largest absolute Gasteiger partial charge is 0.452 e. The number of hydrogen-bond donors (Lipinski definition) is 0. The molecule has 34 heavy (non-hydrogen) atoms. The predicted molar refractivity (Wildman–Crippen MR) is 137 cm³/mol. The van der Waals surface area contributed by atoms with Gasteiger partial charge in [0.1, 0.15) is 5.82 Å². The van der Waals surface area contributed by atoms with Crippen LogP contribution >= 0.6 is 0 Å². The lowest BCUT2D eigenvalue weighted by Gasteiger charge is -2.35. The molecule has 5 rings (SSSR count). The molecule has 0 bridgehead atoms. The number of imidazole rings is 1. The van der Waals surface area contributed by atoms with Crippen molar-refractivity contribution in [2.45, 2.75) is 77.8 Å². The average Bonchev–Trinajstić information content (AvgIpc) is 3.22. The van der Waals surface area contributed by atoms with Crippen LogP contribution in [0.25, 0.3) is 11.0 Å². The second kappa shape index (κ2) is 9.44. The van der Waals surface area contributed by atoms with E-state index in [9.17, 15) is 4.79 Å². The van der Waals surface area contributed by atoms with Gasteiger partial charge in [-0.2, -0.15) is 0 Å². The molecule has 1 aliphatic heterocycles. The molecule has 1 amide bonds. The molecule has 180 valence electrons. The Labute approximate surface area is 203 Å². The van der Waals surface area contributed by atoms with E-state index >= 15 is 0 Å². The molecular weight excluding hydrogens is 422 g/mol. The third kappa shape index (κ3) is 4.10. The molecule has 2 heterocycles. The minimum atomic E-state index is -0.288. The summed E-state index contributed by atoms with van der Waals surface area (Å²) in [6.45, 7) is 6.82. The highest BCUT2D eigenvalue weighted by Gasteiger charge is 2.33. The fourth-order valence-electron chi connectivity index (χ4n) is 6.17. The lowest BCUT2D eigenvalue weighted by Crippen LogP contribution is -2.42. The Morgan fingerprint density at radius 3 is 2.65 bits per heavy atom. The topological polar surface area (TPSA) is 47.4 Å². The molecule has 2 aromatic carbocycles. The zero-order valence-electron chi connectivity index (χ0n) is 21.0. The van der Waals surface area contributed by atoms with Gasteiger partial charge in [-0.3, -0.25) is 4.90 Å². The quantitative estimate of drug-likeness (QED) is 0.425.